The fourth-order valence-electron chi connectivity index (χ4n) is 2.41. The van der Waals surface area contributed by atoms with Crippen LogP contribution in [0.15, 0.2) is 18.2 Å². The maximum absolute atomic E-state index is 3.55. The Bertz CT molecular complexity index is 383. The van der Waals surface area contributed by atoms with Crippen molar-refractivity contribution in [3.05, 3.63) is 34.9 Å². The van der Waals surface area contributed by atoms with Crippen LogP contribution in [0.4, 0.5) is 0 Å². The summed E-state index contributed by atoms with van der Waals surface area (Å²) in [4.78, 5) is 2.59. The Kier molecular flexibility index (Phi) is 4.79. The van der Waals surface area contributed by atoms with Crippen LogP contribution in [0.25, 0.3) is 0 Å². The first-order valence-corrected chi connectivity index (χ1v) is 7.21. The van der Waals surface area contributed by atoms with E-state index >= 15 is 0 Å². The Hall–Kier alpha value is -0.860. The van der Waals surface area contributed by atoms with E-state index in [1.54, 1.807) is 0 Å². The molecule has 0 aromatic heterocycles. The molecule has 0 spiro atoms. The van der Waals surface area contributed by atoms with E-state index in [1.165, 1.54) is 42.6 Å². The number of benzene rings is 1. The van der Waals surface area contributed by atoms with Crippen molar-refractivity contribution in [2.45, 2.75) is 46.2 Å². The largest absolute Gasteiger partial charge is 0.311 e. The van der Waals surface area contributed by atoms with Gasteiger partial charge in [-0.2, -0.15) is 0 Å². The lowest BCUT2D eigenvalue weighted by molar-refractivity contribution is 0.277. The molecule has 1 fully saturated rings. The van der Waals surface area contributed by atoms with Crippen LogP contribution in [0, 0.1) is 13.8 Å². The van der Waals surface area contributed by atoms with Gasteiger partial charge in [-0.05, 0) is 49.9 Å². The molecule has 0 amide bonds. The van der Waals surface area contributed by atoms with E-state index in [0.717, 1.165) is 19.1 Å². The van der Waals surface area contributed by atoms with Crippen LogP contribution in [-0.2, 0) is 6.54 Å². The topological polar surface area (TPSA) is 15.3 Å². The number of hydrogen-bond acceptors (Lipinski definition) is 2. The van der Waals surface area contributed by atoms with Crippen molar-refractivity contribution in [1.29, 1.82) is 0 Å². The van der Waals surface area contributed by atoms with Crippen molar-refractivity contribution in [2.24, 2.45) is 0 Å². The van der Waals surface area contributed by atoms with E-state index in [1.807, 2.05) is 0 Å². The Balaban J connectivity index is 1.69. The summed E-state index contributed by atoms with van der Waals surface area (Å²) < 4.78 is 0. The zero-order valence-electron chi connectivity index (χ0n) is 12.0. The molecule has 0 saturated heterocycles. The lowest BCUT2D eigenvalue weighted by Crippen LogP contribution is -2.33. The summed E-state index contributed by atoms with van der Waals surface area (Å²) in [6.07, 6.45) is 2.82. The number of hydrogen-bond donors (Lipinski definition) is 1. The first kappa shape index (κ1) is 13.6. The first-order chi connectivity index (χ1) is 8.70. The molecule has 0 bridgehead atoms. The predicted molar refractivity (Wildman–Crippen MR) is 77.9 cm³/mol. The molecule has 1 saturated carbocycles. The maximum atomic E-state index is 3.55. The highest BCUT2D eigenvalue weighted by Crippen LogP contribution is 2.25. The van der Waals surface area contributed by atoms with Crippen LogP contribution in [0.5, 0.6) is 0 Å². The molecule has 2 rings (SSSR count). The van der Waals surface area contributed by atoms with Crippen molar-refractivity contribution < 1.29 is 0 Å². The molecule has 0 unspecified atom stereocenters. The lowest BCUT2D eigenvalue weighted by Gasteiger charge is -2.19. The molecular weight excluding hydrogens is 220 g/mol. The summed E-state index contributed by atoms with van der Waals surface area (Å²) in [6, 6.07) is 7.63. The summed E-state index contributed by atoms with van der Waals surface area (Å²) in [7, 11) is 0. The van der Waals surface area contributed by atoms with Gasteiger partial charge in [0, 0.05) is 25.7 Å². The highest BCUT2D eigenvalue weighted by molar-refractivity contribution is 5.29. The van der Waals surface area contributed by atoms with Gasteiger partial charge in [-0.3, -0.25) is 4.90 Å². The van der Waals surface area contributed by atoms with Gasteiger partial charge in [0.15, 0.2) is 0 Å². The number of nitrogens with zero attached hydrogens (tertiary/aromatic N) is 1. The van der Waals surface area contributed by atoms with Gasteiger partial charge in [0.2, 0.25) is 0 Å². The van der Waals surface area contributed by atoms with Crippen molar-refractivity contribution >= 4 is 0 Å². The quantitative estimate of drug-likeness (QED) is 0.744. The summed E-state index contributed by atoms with van der Waals surface area (Å²) in [5.41, 5.74) is 4.17. The van der Waals surface area contributed by atoms with Crippen LogP contribution in [0.3, 0.4) is 0 Å². The van der Waals surface area contributed by atoms with Gasteiger partial charge in [0.05, 0.1) is 0 Å². The minimum Gasteiger partial charge on any atom is -0.311 e. The van der Waals surface area contributed by atoms with Crippen LogP contribution in [-0.4, -0.2) is 30.6 Å². The molecule has 1 aromatic rings. The Labute approximate surface area is 111 Å². The van der Waals surface area contributed by atoms with Crippen molar-refractivity contribution in [3.63, 3.8) is 0 Å². The van der Waals surface area contributed by atoms with Crippen LogP contribution >= 0.6 is 0 Å². The van der Waals surface area contributed by atoms with Gasteiger partial charge in [-0.15, -0.1) is 0 Å². The molecule has 0 aliphatic heterocycles. The molecule has 0 atom stereocenters. The van der Waals surface area contributed by atoms with E-state index in [0.29, 0.717) is 0 Å². The third-order valence-electron chi connectivity index (χ3n) is 3.95. The SMILES string of the molecule is CCN(CCNCc1ccc(C)c(C)c1)C1CC1. The van der Waals surface area contributed by atoms with E-state index in [2.05, 4.69) is 49.2 Å². The van der Waals surface area contributed by atoms with Crippen LogP contribution < -0.4 is 5.32 Å². The Morgan fingerprint density at radius 2 is 2.00 bits per heavy atom. The number of nitrogens with one attached hydrogen (secondary N) is 1. The van der Waals surface area contributed by atoms with Gasteiger partial charge in [-0.25, -0.2) is 0 Å². The minimum atomic E-state index is 0.887. The third kappa shape index (κ3) is 3.82. The average Bonchev–Trinajstić information content (AvgIpc) is 3.18. The van der Waals surface area contributed by atoms with E-state index in [-0.39, 0.29) is 0 Å². The van der Waals surface area contributed by atoms with Crippen molar-refractivity contribution in [2.75, 3.05) is 19.6 Å². The molecule has 0 radical (unpaired) electrons. The molecule has 1 aliphatic rings. The number of rotatable bonds is 7. The Morgan fingerprint density at radius 1 is 1.22 bits per heavy atom. The fourth-order valence-corrected chi connectivity index (χ4v) is 2.41. The van der Waals surface area contributed by atoms with Gasteiger partial charge in [0.1, 0.15) is 0 Å². The zero-order valence-corrected chi connectivity index (χ0v) is 12.0. The molecule has 1 aromatic carbocycles. The highest BCUT2D eigenvalue weighted by Gasteiger charge is 2.26. The summed E-state index contributed by atoms with van der Waals surface area (Å²) in [5, 5.41) is 3.55. The first-order valence-electron chi connectivity index (χ1n) is 7.21. The standard InChI is InChI=1S/C16H26N2/c1-4-18(16-7-8-16)10-9-17-12-15-6-5-13(2)14(3)11-15/h5-6,11,16-17H,4,7-10,12H2,1-3H3. The monoisotopic (exact) mass is 246 g/mol. The fraction of sp³-hybridized carbons (Fsp3) is 0.625. The van der Waals surface area contributed by atoms with Crippen LogP contribution in [0.1, 0.15) is 36.5 Å². The average molecular weight is 246 g/mol. The Morgan fingerprint density at radius 3 is 2.61 bits per heavy atom. The highest BCUT2D eigenvalue weighted by atomic mass is 15.2. The molecule has 18 heavy (non-hydrogen) atoms. The molecule has 1 N–H and O–H groups in total. The molecule has 0 heterocycles. The van der Waals surface area contributed by atoms with Gasteiger partial charge < -0.3 is 5.32 Å². The second-order valence-corrected chi connectivity index (χ2v) is 5.46. The van der Waals surface area contributed by atoms with Gasteiger partial charge >= 0.3 is 0 Å². The van der Waals surface area contributed by atoms with Crippen LogP contribution in [0.2, 0.25) is 0 Å². The van der Waals surface area contributed by atoms with Gasteiger partial charge in [-0.1, -0.05) is 25.1 Å². The van der Waals surface area contributed by atoms with E-state index in [4.69, 9.17) is 0 Å². The third-order valence-corrected chi connectivity index (χ3v) is 3.95. The minimum absolute atomic E-state index is 0.887. The normalized spacial score (nSPS) is 15.3. The summed E-state index contributed by atoms with van der Waals surface area (Å²) in [5.74, 6) is 0. The molecule has 2 heteroatoms. The lowest BCUT2D eigenvalue weighted by atomic mass is 10.1. The molecule has 100 valence electrons. The summed E-state index contributed by atoms with van der Waals surface area (Å²) in [6.45, 7) is 11.1. The zero-order chi connectivity index (χ0) is 13.0. The predicted octanol–water partition coefficient (Wildman–Crippen LogP) is 2.88. The van der Waals surface area contributed by atoms with Gasteiger partial charge in [0.25, 0.3) is 0 Å². The molecular formula is C16H26N2. The smallest absolute Gasteiger partial charge is 0.0206 e. The number of aryl methyl sites for hydroxylation is 2. The molecule has 1 aliphatic carbocycles. The second-order valence-electron chi connectivity index (χ2n) is 5.46. The van der Waals surface area contributed by atoms with Crippen molar-refractivity contribution in [1.82, 2.24) is 10.2 Å². The van der Waals surface area contributed by atoms with E-state index in [9.17, 15) is 0 Å². The number of likely N-dealkylation sites (N-methyl/N-ethyl adjacent to an activating group) is 1. The van der Waals surface area contributed by atoms with E-state index < -0.39 is 0 Å². The summed E-state index contributed by atoms with van der Waals surface area (Å²) >= 11 is 0. The maximum Gasteiger partial charge on any atom is 0.0206 e. The molecule has 2 nitrogen and oxygen atoms in total. The van der Waals surface area contributed by atoms with Crippen molar-refractivity contribution in [3.8, 4) is 0 Å². The second kappa shape index (κ2) is 6.35.